The molecule has 0 amide bonds. The van der Waals surface area contributed by atoms with E-state index in [1.807, 2.05) is 12.1 Å². The highest BCUT2D eigenvalue weighted by Crippen LogP contribution is 2.24. The third kappa shape index (κ3) is 3.80. The van der Waals surface area contributed by atoms with E-state index in [0.29, 0.717) is 23.8 Å². The molecule has 1 heterocycles. The molecular weight excluding hydrogens is 316 g/mol. The van der Waals surface area contributed by atoms with Crippen LogP contribution in [0.15, 0.2) is 46.3 Å². The van der Waals surface area contributed by atoms with Crippen molar-refractivity contribution in [2.45, 2.75) is 25.3 Å². The van der Waals surface area contributed by atoms with Gasteiger partial charge in [0.15, 0.2) is 5.76 Å². The fourth-order valence-electron chi connectivity index (χ4n) is 2.19. The Morgan fingerprint density at radius 1 is 1.30 bits per heavy atom. The third-order valence-electron chi connectivity index (χ3n) is 3.33. The van der Waals surface area contributed by atoms with Gasteiger partial charge in [-0.1, -0.05) is 29.9 Å². The second-order valence-corrected chi connectivity index (χ2v) is 7.14. The van der Waals surface area contributed by atoms with Gasteiger partial charge in [0.05, 0.1) is 0 Å². The Bertz CT molecular complexity index is 759. The monoisotopic (exact) mass is 336 g/mol. The molecule has 0 saturated heterocycles. The van der Waals surface area contributed by atoms with Crippen LogP contribution in [0.2, 0.25) is 0 Å². The molecule has 6 nitrogen and oxygen atoms in total. The summed E-state index contributed by atoms with van der Waals surface area (Å²) in [6.07, 6.45) is 1.66. The van der Waals surface area contributed by atoms with Gasteiger partial charge in [0.1, 0.15) is 22.9 Å². The molecule has 0 unspecified atom stereocenters. The molecule has 0 saturated carbocycles. The van der Waals surface area contributed by atoms with Crippen LogP contribution < -0.4 is 4.74 Å². The quantitative estimate of drug-likeness (QED) is 0.727. The maximum absolute atomic E-state index is 12.6. The van der Waals surface area contributed by atoms with Crippen LogP contribution in [0.1, 0.15) is 17.0 Å². The summed E-state index contributed by atoms with van der Waals surface area (Å²) in [6.45, 7) is 7.47. The fourth-order valence-corrected chi connectivity index (χ4v) is 3.63. The highest BCUT2D eigenvalue weighted by molar-refractivity contribution is 7.89. The number of ether oxygens (including phenoxy) is 1. The lowest BCUT2D eigenvalue weighted by Crippen LogP contribution is -2.27. The SMILES string of the molecule is C=CCOc1ccc(CN(C)S(=O)(=O)c2c(C)noc2C)cc1. The second-order valence-electron chi connectivity index (χ2n) is 5.16. The van der Waals surface area contributed by atoms with Crippen molar-refractivity contribution in [1.82, 2.24) is 9.46 Å². The van der Waals surface area contributed by atoms with Gasteiger partial charge < -0.3 is 9.26 Å². The minimum atomic E-state index is -3.65. The van der Waals surface area contributed by atoms with Gasteiger partial charge in [0, 0.05) is 13.6 Å². The number of rotatable bonds is 7. The number of aromatic nitrogens is 1. The van der Waals surface area contributed by atoms with E-state index in [0.717, 1.165) is 5.56 Å². The Labute approximate surface area is 136 Å². The van der Waals surface area contributed by atoms with Crippen LogP contribution >= 0.6 is 0 Å². The average molecular weight is 336 g/mol. The van der Waals surface area contributed by atoms with E-state index < -0.39 is 10.0 Å². The number of benzene rings is 1. The number of aryl methyl sites for hydroxylation is 2. The Balaban J connectivity index is 2.15. The van der Waals surface area contributed by atoms with Crippen LogP contribution in [-0.2, 0) is 16.6 Å². The van der Waals surface area contributed by atoms with Crippen LogP contribution in [0, 0.1) is 13.8 Å². The van der Waals surface area contributed by atoms with Gasteiger partial charge in [0.2, 0.25) is 10.0 Å². The van der Waals surface area contributed by atoms with Crippen molar-refractivity contribution in [1.29, 1.82) is 0 Å². The van der Waals surface area contributed by atoms with Crippen molar-refractivity contribution in [3.8, 4) is 5.75 Å². The average Bonchev–Trinajstić information content (AvgIpc) is 2.86. The summed E-state index contributed by atoms with van der Waals surface area (Å²) in [7, 11) is -2.12. The Hall–Kier alpha value is -2.12. The normalized spacial score (nSPS) is 11.7. The zero-order valence-corrected chi connectivity index (χ0v) is 14.3. The lowest BCUT2D eigenvalue weighted by molar-refractivity contribution is 0.363. The zero-order chi connectivity index (χ0) is 17.0. The number of hydrogen-bond donors (Lipinski definition) is 0. The molecule has 1 aromatic carbocycles. The van der Waals surface area contributed by atoms with E-state index in [9.17, 15) is 8.42 Å². The van der Waals surface area contributed by atoms with Crippen LogP contribution in [0.3, 0.4) is 0 Å². The molecule has 0 bridgehead atoms. The van der Waals surface area contributed by atoms with E-state index >= 15 is 0 Å². The van der Waals surface area contributed by atoms with Gasteiger partial charge >= 0.3 is 0 Å². The molecule has 0 spiro atoms. The third-order valence-corrected chi connectivity index (χ3v) is 5.38. The summed E-state index contributed by atoms with van der Waals surface area (Å²) in [5, 5.41) is 3.71. The minimum Gasteiger partial charge on any atom is -0.490 e. The highest BCUT2D eigenvalue weighted by Gasteiger charge is 2.28. The summed E-state index contributed by atoms with van der Waals surface area (Å²) >= 11 is 0. The summed E-state index contributed by atoms with van der Waals surface area (Å²) in [4.78, 5) is 0.130. The predicted molar refractivity (Wildman–Crippen MR) is 86.8 cm³/mol. The van der Waals surface area contributed by atoms with Crippen molar-refractivity contribution in [3.05, 3.63) is 53.9 Å². The lowest BCUT2D eigenvalue weighted by atomic mass is 10.2. The molecule has 23 heavy (non-hydrogen) atoms. The Kier molecular flexibility index (Phi) is 5.23. The van der Waals surface area contributed by atoms with Crippen LogP contribution in [0.25, 0.3) is 0 Å². The van der Waals surface area contributed by atoms with E-state index in [2.05, 4.69) is 11.7 Å². The van der Waals surface area contributed by atoms with Crippen molar-refractivity contribution in [2.75, 3.05) is 13.7 Å². The molecule has 124 valence electrons. The smallest absolute Gasteiger partial charge is 0.248 e. The summed E-state index contributed by atoms with van der Waals surface area (Å²) in [5.41, 5.74) is 1.22. The van der Waals surface area contributed by atoms with E-state index in [-0.39, 0.29) is 11.4 Å². The van der Waals surface area contributed by atoms with Gasteiger partial charge in [-0.25, -0.2) is 8.42 Å². The number of hydrogen-bond acceptors (Lipinski definition) is 5. The molecular formula is C16H20N2O4S. The number of sulfonamides is 1. The van der Waals surface area contributed by atoms with Crippen LogP contribution in [0.5, 0.6) is 5.75 Å². The van der Waals surface area contributed by atoms with Crippen molar-refractivity contribution >= 4 is 10.0 Å². The molecule has 2 rings (SSSR count). The number of nitrogens with zero attached hydrogens (tertiary/aromatic N) is 2. The highest BCUT2D eigenvalue weighted by atomic mass is 32.2. The maximum atomic E-state index is 12.6. The topological polar surface area (TPSA) is 72.6 Å². The van der Waals surface area contributed by atoms with Gasteiger partial charge in [-0.3, -0.25) is 0 Å². The lowest BCUT2D eigenvalue weighted by Gasteiger charge is -2.17. The molecule has 0 N–H and O–H groups in total. The molecule has 2 aromatic rings. The first-order valence-corrected chi connectivity index (χ1v) is 8.52. The van der Waals surface area contributed by atoms with Crippen LogP contribution in [-0.4, -0.2) is 31.5 Å². The zero-order valence-electron chi connectivity index (χ0n) is 13.4. The van der Waals surface area contributed by atoms with Gasteiger partial charge in [-0.15, -0.1) is 0 Å². The van der Waals surface area contributed by atoms with Crippen molar-refractivity contribution in [2.24, 2.45) is 0 Å². The molecule has 1 aromatic heterocycles. The fraction of sp³-hybridized carbons (Fsp3) is 0.312. The van der Waals surface area contributed by atoms with Crippen molar-refractivity contribution < 1.29 is 17.7 Å². The summed E-state index contributed by atoms with van der Waals surface area (Å²) in [6, 6.07) is 7.26. The molecule has 0 fully saturated rings. The molecule has 7 heteroatoms. The van der Waals surface area contributed by atoms with E-state index in [4.69, 9.17) is 9.26 Å². The minimum absolute atomic E-state index is 0.130. The first kappa shape index (κ1) is 17.2. The van der Waals surface area contributed by atoms with E-state index in [1.54, 1.807) is 32.1 Å². The standard InChI is InChI=1S/C16H20N2O4S/c1-5-10-21-15-8-6-14(7-9-15)11-18(4)23(19,20)16-12(2)17-22-13(16)3/h5-9H,1,10-11H2,2-4H3. The van der Waals surface area contributed by atoms with E-state index in [1.165, 1.54) is 11.4 Å². The summed E-state index contributed by atoms with van der Waals surface area (Å²) in [5.74, 6) is 1.01. The van der Waals surface area contributed by atoms with Gasteiger partial charge in [-0.2, -0.15) is 4.31 Å². The molecule has 0 aliphatic heterocycles. The molecule has 0 aliphatic rings. The molecule has 0 aliphatic carbocycles. The van der Waals surface area contributed by atoms with Gasteiger partial charge in [-0.05, 0) is 31.5 Å². The second kappa shape index (κ2) is 6.97. The molecule has 0 radical (unpaired) electrons. The maximum Gasteiger partial charge on any atom is 0.248 e. The Morgan fingerprint density at radius 3 is 2.48 bits per heavy atom. The predicted octanol–water partition coefficient (Wildman–Crippen LogP) is 2.68. The van der Waals surface area contributed by atoms with Crippen molar-refractivity contribution in [3.63, 3.8) is 0 Å². The van der Waals surface area contributed by atoms with Crippen LogP contribution in [0.4, 0.5) is 0 Å². The summed E-state index contributed by atoms with van der Waals surface area (Å²) < 4.78 is 36.9. The first-order valence-electron chi connectivity index (χ1n) is 7.08. The van der Waals surface area contributed by atoms with Gasteiger partial charge in [0.25, 0.3) is 0 Å². The largest absolute Gasteiger partial charge is 0.490 e. The Morgan fingerprint density at radius 2 is 1.96 bits per heavy atom. The first-order chi connectivity index (χ1) is 10.9. The molecule has 0 atom stereocenters.